The number of anilines is 2. The highest BCUT2D eigenvalue weighted by molar-refractivity contribution is 6.34. The molecule has 1 aromatic heterocycles. The number of ether oxygens (including phenoxy) is 3. The lowest BCUT2D eigenvalue weighted by atomic mass is 10.2. The molecule has 3 rings (SSSR count). The predicted molar refractivity (Wildman–Crippen MR) is 105 cm³/mol. The van der Waals surface area contributed by atoms with Crippen LogP contribution in [0.2, 0.25) is 5.02 Å². The average molecular weight is 404 g/mol. The molecule has 3 aromatic rings. The van der Waals surface area contributed by atoms with Gasteiger partial charge in [-0.1, -0.05) is 17.7 Å². The maximum Gasteiger partial charge on any atom is 0.346 e. The van der Waals surface area contributed by atoms with Crippen molar-refractivity contribution in [2.24, 2.45) is 0 Å². The monoisotopic (exact) mass is 403 g/mol. The van der Waals surface area contributed by atoms with Crippen molar-refractivity contribution in [3.05, 3.63) is 41.7 Å². The van der Waals surface area contributed by atoms with E-state index >= 15 is 0 Å². The molecule has 2 N–H and O–H groups in total. The number of esters is 1. The molecule has 28 heavy (non-hydrogen) atoms. The Morgan fingerprint density at radius 3 is 2.71 bits per heavy atom. The lowest BCUT2D eigenvalue weighted by molar-refractivity contribution is -0.147. The molecule has 0 saturated heterocycles. The van der Waals surface area contributed by atoms with Crippen LogP contribution in [0.3, 0.4) is 0 Å². The molecule has 2 aromatic carbocycles. The highest BCUT2D eigenvalue weighted by Crippen LogP contribution is 2.37. The minimum Gasteiger partial charge on any atom is -0.506 e. The van der Waals surface area contributed by atoms with Crippen LogP contribution >= 0.6 is 11.6 Å². The number of carbonyl (C=O) groups is 1. The maximum absolute atomic E-state index is 11.7. The summed E-state index contributed by atoms with van der Waals surface area (Å²) >= 11 is 6.14. The van der Waals surface area contributed by atoms with Gasteiger partial charge >= 0.3 is 5.97 Å². The van der Waals surface area contributed by atoms with Crippen LogP contribution in [0, 0.1) is 0 Å². The van der Waals surface area contributed by atoms with E-state index in [1.54, 1.807) is 31.2 Å². The van der Waals surface area contributed by atoms with Crippen LogP contribution in [0.15, 0.2) is 36.7 Å². The normalized spacial score (nSPS) is 11.7. The smallest absolute Gasteiger partial charge is 0.346 e. The van der Waals surface area contributed by atoms with Gasteiger partial charge in [0, 0.05) is 11.5 Å². The molecule has 0 aliphatic heterocycles. The fourth-order valence-electron chi connectivity index (χ4n) is 2.56. The summed E-state index contributed by atoms with van der Waals surface area (Å²) in [4.78, 5) is 20.2. The van der Waals surface area contributed by atoms with E-state index in [4.69, 9.17) is 25.8 Å². The van der Waals surface area contributed by atoms with Crippen molar-refractivity contribution in [2.45, 2.75) is 13.0 Å². The number of benzene rings is 2. The van der Waals surface area contributed by atoms with Gasteiger partial charge in [-0.2, -0.15) is 0 Å². The fourth-order valence-corrected chi connectivity index (χ4v) is 2.74. The Hall–Kier alpha value is -3.26. The van der Waals surface area contributed by atoms with Crippen molar-refractivity contribution in [1.29, 1.82) is 0 Å². The zero-order chi connectivity index (χ0) is 20.3. The number of carbonyl (C=O) groups excluding carboxylic acids is 1. The summed E-state index contributed by atoms with van der Waals surface area (Å²) in [5.41, 5.74) is 1.06. The summed E-state index contributed by atoms with van der Waals surface area (Å²) in [6.45, 7) is 1.57. The third kappa shape index (κ3) is 3.86. The molecule has 146 valence electrons. The second-order valence-corrected chi connectivity index (χ2v) is 6.17. The predicted octanol–water partition coefficient (Wildman–Crippen LogP) is 3.68. The van der Waals surface area contributed by atoms with Crippen LogP contribution < -0.4 is 14.8 Å². The van der Waals surface area contributed by atoms with Gasteiger partial charge in [0.15, 0.2) is 17.6 Å². The molecule has 9 heteroatoms. The van der Waals surface area contributed by atoms with E-state index in [1.165, 1.54) is 26.6 Å². The molecule has 0 aliphatic rings. The summed E-state index contributed by atoms with van der Waals surface area (Å²) in [5, 5.41) is 13.6. The molecule has 0 radical (unpaired) electrons. The third-order valence-electron chi connectivity index (χ3n) is 3.99. The zero-order valence-corrected chi connectivity index (χ0v) is 16.1. The first-order valence-electron chi connectivity index (χ1n) is 8.26. The average Bonchev–Trinajstić information content (AvgIpc) is 2.70. The lowest BCUT2D eigenvalue weighted by Gasteiger charge is -2.17. The van der Waals surface area contributed by atoms with Gasteiger partial charge in [-0.25, -0.2) is 14.8 Å². The van der Waals surface area contributed by atoms with E-state index in [-0.39, 0.29) is 10.8 Å². The van der Waals surface area contributed by atoms with Gasteiger partial charge in [-0.05, 0) is 25.1 Å². The van der Waals surface area contributed by atoms with Gasteiger partial charge < -0.3 is 24.6 Å². The van der Waals surface area contributed by atoms with Gasteiger partial charge in [0.1, 0.15) is 22.9 Å². The quantitative estimate of drug-likeness (QED) is 0.601. The Balaban J connectivity index is 2.05. The molecule has 1 unspecified atom stereocenters. The van der Waals surface area contributed by atoms with E-state index in [0.717, 1.165) is 0 Å². The molecule has 1 atom stereocenters. The third-order valence-corrected chi connectivity index (χ3v) is 4.39. The number of aromatic nitrogens is 2. The van der Waals surface area contributed by atoms with Gasteiger partial charge in [0.2, 0.25) is 0 Å². The number of nitrogens with zero attached hydrogens (tertiary/aromatic N) is 2. The van der Waals surface area contributed by atoms with E-state index < -0.39 is 12.1 Å². The van der Waals surface area contributed by atoms with E-state index in [2.05, 4.69) is 15.3 Å². The van der Waals surface area contributed by atoms with Crippen molar-refractivity contribution in [1.82, 2.24) is 9.97 Å². The van der Waals surface area contributed by atoms with Crippen molar-refractivity contribution in [3.63, 3.8) is 0 Å². The Kier molecular flexibility index (Phi) is 5.70. The number of nitrogens with one attached hydrogen (secondary N) is 1. The first kappa shape index (κ1) is 19.5. The summed E-state index contributed by atoms with van der Waals surface area (Å²) in [6, 6.07) is 8.17. The summed E-state index contributed by atoms with van der Waals surface area (Å²) in [5.74, 6) is 0.603. The second-order valence-electron chi connectivity index (χ2n) is 5.79. The standard InChI is InChI=1S/C19H18ClN3O5/c1-10(19(25)27-3)28-16-7-11-13(8-15(16)26-2)21-9-22-18(11)23-12-5-4-6-14(24)17(12)20/h4-10,24H,1-3H3,(H,21,22,23). The second kappa shape index (κ2) is 8.18. The van der Waals surface area contributed by atoms with E-state index in [1.807, 2.05) is 0 Å². The Labute approximate surface area is 166 Å². The summed E-state index contributed by atoms with van der Waals surface area (Å²) in [7, 11) is 2.78. The first-order valence-corrected chi connectivity index (χ1v) is 8.64. The first-order chi connectivity index (χ1) is 13.4. The molecule has 0 bridgehead atoms. The zero-order valence-electron chi connectivity index (χ0n) is 15.4. The van der Waals surface area contributed by atoms with Crippen LogP contribution in [-0.4, -0.2) is 41.4 Å². The van der Waals surface area contributed by atoms with Gasteiger partial charge in [-0.3, -0.25) is 0 Å². The van der Waals surface area contributed by atoms with Crippen molar-refractivity contribution in [2.75, 3.05) is 19.5 Å². The van der Waals surface area contributed by atoms with Crippen LogP contribution in [0.4, 0.5) is 11.5 Å². The number of methoxy groups -OCH3 is 2. The molecule has 0 saturated carbocycles. The largest absolute Gasteiger partial charge is 0.506 e. The SMILES string of the molecule is COC(=O)C(C)Oc1cc2c(Nc3cccc(O)c3Cl)ncnc2cc1OC. The van der Waals surface area contributed by atoms with E-state index in [9.17, 15) is 9.90 Å². The van der Waals surface area contributed by atoms with Crippen molar-refractivity contribution >= 4 is 40.0 Å². The number of aromatic hydroxyl groups is 1. The van der Waals surface area contributed by atoms with Crippen LogP contribution in [-0.2, 0) is 9.53 Å². The van der Waals surface area contributed by atoms with Crippen molar-refractivity contribution in [3.8, 4) is 17.2 Å². The van der Waals surface area contributed by atoms with Gasteiger partial charge in [0.05, 0.1) is 25.4 Å². The molecule has 0 amide bonds. The fraction of sp³-hybridized carbons (Fsp3) is 0.211. The lowest BCUT2D eigenvalue weighted by Crippen LogP contribution is -2.25. The molecular formula is C19H18ClN3O5. The molecule has 0 fully saturated rings. The minimum absolute atomic E-state index is 0.0531. The number of phenolic OH excluding ortho intramolecular Hbond substituents is 1. The topological polar surface area (TPSA) is 103 Å². The number of halogens is 1. The Morgan fingerprint density at radius 2 is 2.00 bits per heavy atom. The minimum atomic E-state index is -0.835. The number of rotatable bonds is 6. The van der Waals surface area contributed by atoms with Crippen LogP contribution in [0.1, 0.15) is 6.92 Å². The highest BCUT2D eigenvalue weighted by Gasteiger charge is 2.19. The number of fused-ring (bicyclic) bond motifs is 1. The number of hydrogen-bond donors (Lipinski definition) is 2. The summed E-state index contributed by atoms with van der Waals surface area (Å²) in [6.07, 6.45) is 0.552. The molecule has 1 heterocycles. The molecule has 0 aliphatic carbocycles. The summed E-state index contributed by atoms with van der Waals surface area (Å²) < 4.78 is 15.7. The Morgan fingerprint density at radius 1 is 1.21 bits per heavy atom. The van der Waals surface area contributed by atoms with Gasteiger partial charge in [0.25, 0.3) is 0 Å². The van der Waals surface area contributed by atoms with Crippen LogP contribution in [0.5, 0.6) is 17.2 Å². The number of phenols is 1. The molecule has 0 spiro atoms. The maximum atomic E-state index is 11.7. The molecule has 8 nitrogen and oxygen atoms in total. The highest BCUT2D eigenvalue weighted by atomic mass is 35.5. The van der Waals surface area contributed by atoms with Crippen molar-refractivity contribution < 1.29 is 24.1 Å². The van der Waals surface area contributed by atoms with Gasteiger partial charge in [-0.15, -0.1) is 0 Å². The van der Waals surface area contributed by atoms with Crippen LogP contribution in [0.25, 0.3) is 10.9 Å². The molecular weight excluding hydrogens is 386 g/mol. The Bertz CT molecular complexity index is 1030. The van der Waals surface area contributed by atoms with E-state index in [0.29, 0.717) is 33.9 Å². The number of hydrogen-bond acceptors (Lipinski definition) is 8.